The molecule has 1 aliphatic heterocycles. The van der Waals surface area contributed by atoms with Gasteiger partial charge in [0.05, 0.1) is 36.2 Å². The molecule has 4 fully saturated rings. The van der Waals surface area contributed by atoms with Crippen molar-refractivity contribution in [2.24, 2.45) is 16.7 Å². The van der Waals surface area contributed by atoms with Gasteiger partial charge in [0.2, 0.25) is 6.10 Å². The molecule has 5 aliphatic rings. The highest BCUT2D eigenvalue weighted by atomic mass is 16.6. The zero-order valence-corrected chi connectivity index (χ0v) is 40.2. The molecule has 2 aromatic carbocycles. The third-order valence-corrected chi connectivity index (χ3v) is 15.0. The van der Waals surface area contributed by atoms with Gasteiger partial charge in [0.25, 0.3) is 0 Å². The highest BCUT2D eigenvalue weighted by molar-refractivity contribution is 5.94. The van der Waals surface area contributed by atoms with Crippen molar-refractivity contribution in [3.63, 3.8) is 0 Å². The fourth-order valence-corrected chi connectivity index (χ4v) is 11.1. The van der Waals surface area contributed by atoms with Crippen LogP contribution in [-0.4, -0.2) is 146 Å². The minimum atomic E-state index is -2.47. The lowest BCUT2D eigenvalue weighted by molar-refractivity contribution is -0.346. The highest BCUT2D eigenvalue weighted by Gasteiger charge is 2.78. The maximum atomic E-state index is 15.2. The van der Waals surface area contributed by atoms with E-state index in [1.165, 1.54) is 51.8 Å². The lowest BCUT2D eigenvalue weighted by atomic mass is 9.44. The molecule has 374 valence electrons. The number of rotatable bonds is 13. The topological polar surface area (TPSA) is 271 Å². The third-order valence-electron chi connectivity index (χ3n) is 15.0. The molecule has 1 heterocycles. The van der Waals surface area contributed by atoms with Crippen LogP contribution < -0.4 is 5.32 Å². The van der Waals surface area contributed by atoms with Crippen LogP contribution in [0.5, 0.6) is 0 Å². The molecular formula is C50H62N2O17. The number of nitrogens with zero attached hydrogens (tertiary/aromatic N) is 1. The van der Waals surface area contributed by atoms with Crippen LogP contribution in [0.3, 0.4) is 0 Å². The van der Waals surface area contributed by atoms with Crippen LogP contribution in [0, 0.1) is 16.7 Å². The number of nitrogens with one attached hydrogen (secondary N) is 1. The molecule has 2 bridgehead atoms. The van der Waals surface area contributed by atoms with E-state index >= 15 is 9.59 Å². The quantitative estimate of drug-likeness (QED) is 0.109. The number of fused-ring (bicyclic) bond motifs is 5. The summed E-state index contributed by atoms with van der Waals surface area (Å²) in [5.74, 6) is -7.86. The number of carbonyl (C=O) groups is 7. The molecule has 2 aromatic rings. The first kappa shape index (κ1) is 51.1. The summed E-state index contributed by atoms with van der Waals surface area (Å²) in [5.41, 5.74) is -10.2. The number of aliphatic carboxylic acids is 1. The van der Waals surface area contributed by atoms with Gasteiger partial charge >= 0.3 is 35.9 Å². The monoisotopic (exact) mass is 962 g/mol. The SMILES string of the molecule is CC(=O)O[C@@]12CO[C@@H]1C[C@H](O)[C@@]1(C)C(=O)[C@H](O)C3=C(C)[C@@H](OC(=O)[C@H](OC(=O)CN(C)C4(C(=O)O)CC4)[C@@H](NC(=O)OC(C)(C)C)c4ccccc4)C[C@@](O)([C@@H](OC(=O)c4ccccc4)C12)C3(C)C. The molecule has 1 amide bonds. The number of alkyl carbamates (subject to hydrolysis) is 1. The molecule has 0 spiro atoms. The maximum absolute atomic E-state index is 15.2. The van der Waals surface area contributed by atoms with Crippen molar-refractivity contribution in [3.05, 3.63) is 82.9 Å². The molecule has 1 saturated heterocycles. The van der Waals surface area contributed by atoms with Crippen molar-refractivity contribution in [2.75, 3.05) is 20.2 Å². The number of likely N-dealkylation sites (N-methyl/N-ethyl adjacent to an activating group) is 1. The third kappa shape index (κ3) is 8.92. The van der Waals surface area contributed by atoms with E-state index in [2.05, 4.69) is 5.32 Å². The van der Waals surface area contributed by atoms with Crippen molar-refractivity contribution in [1.29, 1.82) is 0 Å². The minimum absolute atomic E-state index is 0.0368. The summed E-state index contributed by atoms with van der Waals surface area (Å²) in [7, 11) is 1.42. The van der Waals surface area contributed by atoms with Crippen LogP contribution in [-0.2, 0) is 52.4 Å². The van der Waals surface area contributed by atoms with Gasteiger partial charge in [0.15, 0.2) is 11.4 Å². The Morgan fingerprint density at radius 3 is 2.09 bits per heavy atom. The van der Waals surface area contributed by atoms with Crippen molar-refractivity contribution in [3.8, 4) is 0 Å². The van der Waals surface area contributed by atoms with Crippen LogP contribution in [0.2, 0.25) is 0 Å². The zero-order chi connectivity index (χ0) is 50.8. The molecule has 19 heteroatoms. The Bertz CT molecular complexity index is 2410. The van der Waals surface area contributed by atoms with E-state index in [-0.39, 0.29) is 48.1 Å². The Labute approximate surface area is 399 Å². The predicted molar refractivity (Wildman–Crippen MR) is 240 cm³/mol. The van der Waals surface area contributed by atoms with Crippen molar-refractivity contribution in [1.82, 2.24) is 10.2 Å². The Kier molecular flexibility index (Phi) is 13.5. The van der Waals surface area contributed by atoms with Gasteiger partial charge < -0.3 is 54.2 Å². The van der Waals surface area contributed by atoms with E-state index in [0.717, 1.165) is 6.92 Å². The smallest absolute Gasteiger partial charge is 0.408 e. The van der Waals surface area contributed by atoms with Crippen molar-refractivity contribution >= 4 is 41.7 Å². The van der Waals surface area contributed by atoms with Gasteiger partial charge in [-0.1, -0.05) is 62.4 Å². The number of hydrogen-bond donors (Lipinski definition) is 5. The first-order chi connectivity index (χ1) is 32.1. The largest absolute Gasteiger partial charge is 0.480 e. The molecule has 5 N–H and O–H groups in total. The van der Waals surface area contributed by atoms with Crippen LogP contribution >= 0.6 is 0 Å². The number of carboxylic acids is 1. The number of benzene rings is 2. The van der Waals surface area contributed by atoms with Gasteiger partial charge in [0.1, 0.15) is 47.2 Å². The Morgan fingerprint density at radius 1 is 0.942 bits per heavy atom. The van der Waals surface area contributed by atoms with Gasteiger partial charge in [0, 0.05) is 25.2 Å². The molecule has 3 saturated carbocycles. The summed E-state index contributed by atoms with van der Waals surface area (Å²) in [6.45, 7) is 10.9. The number of ketones is 1. The van der Waals surface area contributed by atoms with Crippen molar-refractivity contribution < 1.29 is 82.4 Å². The average Bonchev–Trinajstić information content (AvgIpc) is 4.09. The summed E-state index contributed by atoms with van der Waals surface area (Å²) >= 11 is 0. The number of carbonyl (C=O) groups excluding carboxylic acids is 6. The second-order valence-corrected chi connectivity index (χ2v) is 20.7. The Balaban J connectivity index is 1.37. The molecular weight excluding hydrogens is 901 g/mol. The van der Waals surface area contributed by atoms with Crippen molar-refractivity contribution in [2.45, 2.75) is 146 Å². The molecule has 0 aromatic heterocycles. The summed E-state index contributed by atoms with van der Waals surface area (Å²) in [4.78, 5) is 98.5. The second kappa shape index (κ2) is 18.2. The van der Waals surface area contributed by atoms with E-state index in [1.54, 1.807) is 69.3 Å². The first-order valence-corrected chi connectivity index (χ1v) is 22.9. The van der Waals surface area contributed by atoms with Crippen LogP contribution in [0.4, 0.5) is 4.79 Å². The summed E-state index contributed by atoms with van der Waals surface area (Å²) in [6, 6.07) is 14.2. The Hall–Kier alpha value is -5.73. The summed E-state index contributed by atoms with van der Waals surface area (Å²) < 4.78 is 36.0. The minimum Gasteiger partial charge on any atom is -0.480 e. The number of aliphatic hydroxyl groups is 3. The fourth-order valence-electron chi connectivity index (χ4n) is 11.1. The molecule has 11 atom stereocenters. The maximum Gasteiger partial charge on any atom is 0.408 e. The standard InChI is InChI=1S/C50H62N2O17/c1-26-30(65-42(59)37(66-33(55)24-52(9)48(20-21-48)43(60)61)35(28-16-12-10-13-17-28)51-44(62)69-45(3,4)5)23-50(63)40(67-41(58)29-18-14-11-15-19-29)38-47(8,39(57)36(56)34(26)46(50,6)7)31(54)22-32-49(38,25-64-32)68-27(2)53/h10-19,30-32,35-38,40,54,56,63H,20-25H2,1-9H3,(H,51,62)(H,60,61)/t30-,31-,32+,35-,36+,37+,38?,40-,47+,49-,50+/m0/s1. The zero-order valence-electron chi connectivity index (χ0n) is 40.2. The summed E-state index contributed by atoms with van der Waals surface area (Å²) in [6.07, 6.45) is -11.6. The molecule has 0 radical (unpaired) electrons. The number of amides is 1. The number of esters is 4. The van der Waals surface area contributed by atoms with E-state index in [1.807, 2.05) is 0 Å². The van der Waals surface area contributed by atoms with Crippen LogP contribution in [0.25, 0.3) is 0 Å². The van der Waals surface area contributed by atoms with Crippen LogP contribution in [0.1, 0.15) is 103 Å². The number of carboxylic acid groups (broad SMARTS) is 1. The number of hydrogen-bond acceptors (Lipinski definition) is 17. The van der Waals surface area contributed by atoms with Gasteiger partial charge in [-0.25, -0.2) is 14.4 Å². The predicted octanol–water partition coefficient (Wildman–Crippen LogP) is 3.36. The fraction of sp³-hybridized carbons (Fsp3) is 0.580. The second-order valence-electron chi connectivity index (χ2n) is 20.7. The number of ether oxygens (including phenoxy) is 6. The van der Waals surface area contributed by atoms with E-state index in [0.29, 0.717) is 0 Å². The normalized spacial score (nSPS) is 31.7. The van der Waals surface area contributed by atoms with Gasteiger partial charge in [-0.3, -0.25) is 24.1 Å². The molecule has 19 nitrogen and oxygen atoms in total. The van der Waals surface area contributed by atoms with Gasteiger partial charge in [-0.15, -0.1) is 0 Å². The first-order valence-electron chi connectivity index (χ1n) is 22.9. The molecule has 69 heavy (non-hydrogen) atoms. The highest BCUT2D eigenvalue weighted by Crippen LogP contribution is 2.64. The molecule has 1 unspecified atom stereocenters. The van der Waals surface area contributed by atoms with Gasteiger partial charge in [-0.2, -0.15) is 0 Å². The molecule has 4 aliphatic carbocycles. The lowest BCUT2D eigenvalue weighted by Crippen LogP contribution is -2.81. The van der Waals surface area contributed by atoms with Crippen LogP contribution in [0.15, 0.2) is 71.8 Å². The lowest BCUT2D eigenvalue weighted by Gasteiger charge is -2.67. The number of Topliss-reactive ketones (excluding diaryl/α,β-unsaturated/α-hetero) is 1. The summed E-state index contributed by atoms with van der Waals surface area (Å²) in [5, 5.41) is 50.7. The average molecular weight is 963 g/mol. The van der Waals surface area contributed by atoms with E-state index in [9.17, 15) is 44.4 Å². The number of aliphatic hydroxyl groups excluding tert-OH is 2. The van der Waals surface area contributed by atoms with Gasteiger partial charge in [-0.05, 0) is 83.4 Å². The van der Waals surface area contributed by atoms with E-state index < -0.39 is 136 Å². The Morgan fingerprint density at radius 2 is 1.55 bits per heavy atom. The molecule has 7 rings (SSSR count). The van der Waals surface area contributed by atoms with E-state index in [4.69, 9.17) is 28.4 Å².